The molecule has 9 nitrogen and oxygen atoms in total. The predicted octanol–water partition coefficient (Wildman–Crippen LogP) is 2.99. The number of anilines is 1. The Kier molecular flexibility index (Phi) is 9.84. The van der Waals surface area contributed by atoms with Gasteiger partial charge in [-0.3, -0.25) is 14.3 Å². The minimum absolute atomic E-state index is 0.163. The summed E-state index contributed by atoms with van der Waals surface area (Å²) in [7, 11) is 1.58. The van der Waals surface area contributed by atoms with E-state index in [4.69, 9.17) is 9.84 Å². The zero-order valence-corrected chi connectivity index (χ0v) is 20.2. The van der Waals surface area contributed by atoms with Gasteiger partial charge in [-0.2, -0.15) is 5.10 Å². The highest BCUT2D eigenvalue weighted by molar-refractivity contribution is 5.95. The molecule has 2 aromatic heterocycles. The summed E-state index contributed by atoms with van der Waals surface area (Å²) in [5, 5.41) is 18.4. The van der Waals surface area contributed by atoms with Gasteiger partial charge in [-0.05, 0) is 51.5 Å². The summed E-state index contributed by atoms with van der Waals surface area (Å²) in [4.78, 5) is 27.9. The fourth-order valence-corrected chi connectivity index (χ4v) is 3.76. The van der Waals surface area contributed by atoms with E-state index in [2.05, 4.69) is 27.6 Å². The van der Waals surface area contributed by atoms with Crippen LogP contribution in [0, 0.1) is 11.8 Å². The maximum atomic E-state index is 12.8. The van der Waals surface area contributed by atoms with Gasteiger partial charge in [0, 0.05) is 18.0 Å². The Labute approximate surface area is 195 Å². The van der Waals surface area contributed by atoms with Crippen LogP contribution in [-0.4, -0.2) is 50.9 Å². The fraction of sp³-hybridized carbons (Fsp3) is 0.583. The zero-order valence-electron chi connectivity index (χ0n) is 20.2. The molecule has 0 aromatic carbocycles. The molecule has 0 bridgehead atoms. The maximum absolute atomic E-state index is 12.8. The lowest BCUT2D eigenvalue weighted by Crippen LogP contribution is -2.46. The topological polar surface area (TPSA) is 118 Å². The van der Waals surface area contributed by atoms with Gasteiger partial charge in [0.1, 0.15) is 6.04 Å². The molecule has 1 unspecified atom stereocenters. The van der Waals surface area contributed by atoms with Crippen molar-refractivity contribution in [2.75, 3.05) is 12.4 Å². The van der Waals surface area contributed by atoms with Gasteiger partial charge in [-0.1, -0.05) is 25.8 Å². The Bertz CT molecular complexity index is 879. The van der Waals surface area contributed by atoms with Gasteiger partial charge < -0.3 is 20.5 Å². The standard InChI is InChI=1S/C20H27N5O3.C4H10O/c1-14-5-7-15(8-6-14)18(22-13-26)19(27)24-17-10-23-25(12-17)11-16-4-3-9-21-20(16)28-2;1-4(2,3)5/h3-4,9-10,12-15,18H,5-8,11H2,1-2H3,(H,22,26)(H,24,27);5H,1-3H3. The summed E-state index contributed by atoms with van der Waals surface area (Å²) in [5.41, 5.74) is 0.984. The molecule has 0 saturated heterocycles. The number of hydrogen-bond acceptors (Lipinski definition) is 6. The van der Waals surface area contributed by atoms with E-state index in [1.54, 1.807) is 51.2 Å². The molecule has 0 spiro atoms. The van der Waals surface area contributed by atoms with Gasteiger partial charge in [0.15, 0.2) is 0 Å². The molecule has 3 N–H and O–H groups in total. The van der Waals surface area contributed by atoms with E-state index in [0.29, 0.717) is 30.4 Å². The van der Waals surface area contributed by atoms with E-state index >= 15 is 0 Å². The number of amides is 2. The SMILES string of the molecule is CC(C)(C)O.COc1ncccc1Cn1cc(NC(=O)C(NC=O)C2CCC(C)CC2)cn1. The number of nitrogens with one attached hydrogen (secondary N) is 2. The molecular weight excluding hydrogens is 422 g/mol. The highest BCUT2D eigenvalue weighted by atomic mass is 16.5. The summed E-state index contributed by atoms with van der Waals surface area (Å²) in [6.07, 6.45) is 9.69. The Balaban J connectivity index is 0.000000696. The molecule has 1 aliphatic carbocycles. The van der Waals surface area contributed by atoms with Crippen molar-refractivity contribution in [1.29, 1.82) is 0 Å². The van der Waals surface area contributed by atoms with Crippen molar-refractivity contribution in [3.63, 3.8) is 0 Å². The van der Waals surface area contributed by atoms with Gasteiger partial charge in [-0.15, -0.1) is 0 Å². The molecule has 9 heteroatoms. The number of hydrogen-bond donors (Lipinski definition) is 3. The van der Waals surface area contributed by atoms with Crippen LogP contribution >= 0.6 is 0 Å². The second kappa shape index (κ2) is 12.3. The molecule has 2 aromatic rings. The molecule has 0 aliphatic heterocycles. The van der Waals surface area contributed by atoms with Crippen molar-refractivity contribution < 1.29 is 19.4 Å². The molecular formula is C24H37N5O4. The van der Waals surface area contributed by atoms with Crippen molar-refractivity contribution in [3.8, 4) is 5.88 Å². The van der Waals surface area contributed by atoms with E-state index in [1.807, 2.05) is 12.1 Å². The minimum Gasteiger partial charge on any atom is -0.481 e. The average Bonchev–Trinajstić information content (AvgIpc) is 3.18. The Morgan fingerprint density at radius 3 is 2.61 bits per heavy atom. The predicted molar refractivity (Wildman–Crippen MR) is 127 cm³/mol. The van der Waals surface area contributed by atoms with Crippen LogP contribution in [0.25, 0.3) is 0 Å². The summed E-state index contributed by atoms with van der Waals surface area (Å²) < 4.78 is 6.97. The first-order valence-corrected chi connectivity index (χ1v) is 11.3. The summed E-state index contributed by atoms with van der Waals surface area (Å²) in [6.45, 7) is 7.93. The van der Waals surface area contributed by atoms with Crippen LogP contribution < -0.4 is 15.4 Å². The molecule has 33 heavy (non-hydrogen) atoms. The Morgan fingerprint density at radius 1 is 1.33 bits per heavy atom. The number of aliphatic hydroxyl groups is 1. The molecule has 1 saturated carbocycles. The number of nitrogens with zero attached hydrogens (tertiary/aromatic N) is 3. The number of pyridine rings is 1. The molecule has 0 radical (unpaired) electrons. The van der Waals surface area contributed by atoms with Gasteiger partial charge >= 0.3 is 0 Å². The number of carbonyl (C=O) groups is 2. The van der Waals surface area contributed by atoms with E-state index in [-0.39, 0.29) is 11.8 Å². The first-order chi connectivity index (χ1) is 15.6. The third-order valence-corrected chi connectivity index (χ3v) is 5.34. The lowest BCUT2D eigenvalue weighted by molar-refractivity contribution is -0.122. The molecule has 2 amide bonds. The van der Waals surface area contributed by atoms with Crippen LogP contribution in [0.15, 0.2) is 30.7 Å². The number of rotatable bonds is 8. The van der Waals surface area contributed by atoms with Crippen molar-refractivity contribution in [1.82, 2.24) is 20.1 Å². The molecule has 3 rings (SSSR count). The molecule has 2 heterocycles. The molecule has 182 valence electrons. The highest BCUT2D eigenvalue weighted by Crippen LogP contribution is 2.30. The second-order valence-electron chi connectivity index (χ2n) is 9.54. The number of ether oxygens (including phenoxy) is 1. The normalized spacial score (nSPS) is 19.0. The second-order valence-corrected chi connectivity index (χ2v) is 9.54. The summed E-state index contributed by atoms with van der Waals surface area (Å²) >= 11 is 0. The average molecular weight is 460 g/mol. The van der Waals surface area contributed by atoms with Crippen LogP contribution in [0.3, 0.4) is 0 Å². The third kappa shape index (κ3) is 9.21. The largest absolute Gasteiger partial charge is 0.481 e. The van der Waals surface area contributed by atoms with E-state index in [9.17, 15) is 9.59 Å². The lowest BCUT2D eigenvalue weighted by Gasteiger charge is -2.31. The number of carbonyl (C=O) groups excluding carboxylic acids is 2. The smallest absolute Gasteiger partial charge is 0.247 e. The minimum atomic E-state index is -0.522. The first kappa shape index (κ1) is 26.3. The van der Waals surface area contributed by atoms with Gasteiger partial charge in [0.25, 0.3) is 0 Å². The van der Waals surface area contributed by atoms with E-state index in [0.717, 1.165) is 31.2 Å². The number of aromatic nitrogens is 3. The quantitative estimate of drug-likeness (QED) is 0.522. The van der Waals surface area contributed by atoms with Crippen LogP contribution in [0.2, 0.25) is 0 Å². The Hall–Kier alpha value is -2.94. The number of methoxy groups -OCH3 is 1. The van der Waals surface area contributed by atoms with Crippen LogP contribution in [0.4, 0.5) is 5.69 Å². The van der Waals surface area contributed by atoms with Crippen molar-refractivity contribution in [2.45, 2.75) is 71.6 Å². The first-order valence-electron chi connectivity index (χ1n) is 11.3. The lowest BCUT2D eigenvalue weighted by atomic mass is 9.79. The third-order valence-electron chi connectivity index (χ3n) is 5.34. The zero-order chi connectivity index (χ0) is 24.4. The van der Waals surface area contributed by atoms with E-state index < -0.39 is 11.6 Å². The summed E-state index contributed by atoms with van der Waals surface area (Å²) in [5.74, 6) is 1.19. The van der Waals surface area contributed by atoms with Crippen molar-refractivity contribution >= 4 is 18.0 Å². The van der Waals surface area contributed by atoms with Crippen molar-refractivity contribution in [3.05, 3.63) is 36.3 Å². The fourth-order valence-electron chi connectivity index (χ4n) is 3.76. The van der Waals surface area contributed by atoms with Gasteiger partial charge in [-0.25, -0.2) is 4.98 Å². The van der Waals surface area contributed by atoms with E-state index in [1.165, 1.54) is 0 Å². The van der Waals surface area contributed by atoms with Gasteiger partial charge in [0.2, 0.25) is 18.2 Å². The van der Waals surface area contributed by atoms with Crippen LogP contribution in [-0.2, 0) is 16.1 Å². The Morgan fingerprint density at radius 2 is 2.00 bits per heavy atom. The summed E-state index contributed by atoms with van der Waals surface area (Å²) in [6, 6.07) is 3.23. The molecule has 1 atom stereocenters. The highest BCUT2D eigenvalue weighted by Gasteiger charge is 2.31. The maximum Gasteiger partial charge on any atom is 0.247 e. The van der Waals surface area contributed by atoms with Crippen LogP contribution in [0.5, 0.6) is 5.88 Å². The molecule has 1 aliphatic rings. The monoisotopic (exact) mass is 459 g/mol. The van der Waals surface area contributed by atoms with Crippen molar-refractivity contribution in [2.24, 2.45) is 11.8 Å². The van der Waals surface area contributed by atoms with Gasteiger partial charge in [0.05, 0.1) is 31.1 Å². The molecule has 1 fully saturated rings. The van der Waals surface area contributed by atoms with Crippen LogP contribution in [0.1, 0.15) is 58.9 Å².